The molecule has 0 radical (unpaired) electrons. The lowest BCUT2D eigenvalue weighted by Crippen LogP contribution is -2.67. The number of aromatic nitrogens is 2. The number of β-amino-alcohol motifs (C(OH)–C–C–N with tert-alkyl or cyclic N) is 1. The van der Waals surface area contributed by atoms with Gasteiger partial charge in [0.05, 0.1) is 22.2 Å². The quantitative estimate of drug-likeness (QED) is 0.325. The van der Waals surface area contributed by atoms with E-state index in [4.69, 9.17) is 27.8 Å². The van der Waals surface area contributed by atoms with Crippen LogP contribution < -0.4 is 16.0 Å². The molecule has 0 amide bonds. The number of nitrogen functional groups attached to an aromatic ring is 1. The van der Waals surface area contributed by atoms with Crippen LogP contribution in [0, 0.1) is 24.7 Å². The van der Waals surface area contributed by atoms with Crippen molar-refractivity contribution in [1.29, 1.82) is 5.41 Å². The zero-order valence-corrected chi connectivity index (χ0v) is 24.0. The first-order valence-corrected chi connectivity index (χ1v) is 14.5. The van der Waals surface area contributed by atoms with Gasteiger partial charge in [-0.05, 0) is 76.8 Å². The predicted molar refractivity (Wildman–Crippen MR) is 155 cm³/mol. The zero-order chi connectivity index (χ0) is 27.0. The van der Waals surface area contributed by atoms with E-state index in [1.807, 2.05) is 26.8 Å². The molecular formula is C29H42ClN7O. The first-order chi connectivity index (χ1) is 18.0. The molecule has 2 aliphatic carbocycles. The van der Waals surface area contributed by atoms with E-state index in [1.54, 1.807) is 0 Å². The minimum Gasteiger partial charge on any atom is -0.398 e. The van der Waals surface area contributed by atoms with Crippen LogP contribution in [0.1, 0.15) is 68.8 Å². The van der Waals surface area contributed by atoms with Crippen molar-refractivity contribution in [2.75, 3.05) is 49.9 Å². The van der Waals surface area contributed by atoms with Gasteiger partial charge in [-0.15, -0.1) is 0 Å². The molecule has 3 heterocycles. The first kappa shape index (κ1) is 26.1. The minimum absolute atomic E-state index is 0.00467. The largest absolute Gasteiger partial charge is 0.398 e. The molecule has 4 aliphatic rings. The van der Waals surface area contributed by atoms with E-state index >= 15 is 0 Å². The van der Waals surface area contributed by atoms with Crippen LogP contribution >= 0.6 is 11.6 Å². The second-order valence-corrected chi connectivity index (χ2v) is 13.6. The number of nitrogens with zero attached hydrogens (tertiary/aromatic N) is 4. The second kappa shape index (κ2) is 8.95. The van der Waals surface area contributed by atoms with Crippen molar-refractivity contribution in [2.45, 2.75) is 77.0 Å². The van der Waals surface area contributed by atoms with Gasteiger partial charge in [0.2, 0.25) is 0 Å². The van der Waals surface area contributed by atoms with E-state index < -0.39 is 5.60 Å². The summed E-state index contributed by atoms with van der Waals surface area (Å²) in [7, 11) is 0. The Balaban J connectivity index is 1.47. The third-order valence-corrected chi connectivity index (χ3v) is 10.1. The molecule has 5 N–H and O–H groups in total. The highest BCUT2D eigenvalue weighted by Crippen LogP contribution is 2.54. The predicted octanol–water partition coefficient (Wildman–Crippen LogP) is 4.14. The Labute approximate surface area is 231 Å². The SMILES string of the molecule is Cc1cc(N)c(C=N)c(-c2c(N3CCN(CC(C)(C)O)CC34CCC4)nn(C3CC4(CNC4)C3)c2C)c1Cl. The molecule has 2 aromatic rings. The summed E-state index contributed by atoms with van der Waals surface area (Å²) in [5.74, 6) is 0.979. The standard InChI is InChI=1S/C29H42ClN7O/c1-18-10-22(32)21(13-31)24(25(18)30)23-19(2)37(20-11-28(12-20)14-33-15-28)34-26(23)36-9-8-35(16-27(3,4)38)17-29(36)6-5-7-29/h10,13,20,31,33,38H,5-9,11-12,14-17,32H2,1-4H3. The lowest BCUT2D eigenvalue weighted by molar-refractivity contribution is 0.000903. The van der Waals surface area contributed by atoms with Gasteiger partial charge in [-0.3, -0.25) is 9.58 Å². The number of piperazine rings is 1. The van der Waals surface area contributed by atoms with E-state index in [9.17, 15) is 5.11 Å². The molecule has 2 saturated heterocycles. The molecule has 0 atom stereocenters. The molecule has 6 rings (SSSR count). The molecule has 0 unspecified atom stereocenters. The van der Waals surface area contributed by atoms with E-state index in [1.165, 1.54) is 12.6 Å². The summed E-state index contributed by atoms with van der Waals surface area (Å²) in [6.45, 7) is 13.4. The van der Waals surface area contributed by atoms with E-state index in [-0.39, 0.29) is 5.54 Å². The average molecular weight is 540 g/mol. The van der Waals surface area contributed by atoms with Crippen molar-refractivity contribution in [3.05, 3.63) is 27.9 Å². The van der Waals surface area contributed by atoms with Gasteiger partial charge in [0.15, 0.2) is 5.82 Å². The topological polar surface area (TPSA) is 106 Å². The molecule has 1 aromatic heterocycles. The lowest BCUT2D eigenvalue weighted by atomic mass is 9.61. The molecule has 2 spiro atoms. The van der Waals surface area contributed by atoms with Crippen LogP contribution in [0.3, 0.4) is 0 Å². The van der Waals surface area contributed by atoms with Gasteiger partial charge in [-0.1, -0.05) is 11.6 Å². The summed E-state index contributed by atoms with van der Waals surface area (Å²) in [6, 6.07) is 2.25. The smallest absolute Gasteiger partial charge is 0.159 e. The molecule has 4 fully saturated rings. The number of aryl methyl sites for hydroxylation is 1. The summed E-state index contributed by atoms with van der Waals surface area (Å²) in [5.41, 5.74) is 11.3. The van der Waals surface area contributed by atoms with Crippen molar-refractivity contribution < 1.29 is 5.11 Å². The van der Waals surface area contributed by atoms with Gasteiger partial charge in [-0.25, -0.2) is 0 Å². The van der Waals surface area contributed by atoms with Crippen LogP contribution in [0.15, 0.2) is 6.07 Å². The molecular weight excluding hydrogens is 498 g/mol. The monoisotopic (exact) mass is 539 g/mol. The average Bonchev–Trinajstić information content (AvgIpc) is 3.08. The maximum Gasteiger partial charge on any atom is 0.159 e. The van der Waals surface area contributed by atoms with Crippen molar-refractivity contribution in [2.24, 2.45) is 5.41 Å². The fourth-order valence-electron chi connectivity index (χ4n) is 7.54. The number of nitrogens with one attached hydrogen (secondary N) is 2. The van der Waals surface area contributed by atoms with Gasteiger partial charge in [0.1, 0.15) is 0 Å². The van der Waals surface area contributed by atoms with Crippen molar-refractivity contribution in [1.82, 2.24) is 20.0 Å². The van der Waals surface area contributed by atoms with E-state index in [2.05, 4.69) is 26.7 Å². The maximum atomic E-state index is 10.5. The van der Waals surface area contributed by atoms with Crippen LogP contribution in [0.4, 0.5) is 11.5 Å². The second-order valence-electron chi connectivity index (χ2n) is 13.2. The maximum absolute atomic E-state index is 10.5. The highest BCUT2D eigenvalue weighted by molar-refractivity contribution is 6.35. The molecule has 9 heteroatoms. The summed E-state index contributed by atoms with van der Waals surface area (Å²) in [6.07, 6.45) is 7.05. The van der Waals surface area contributed by atoms with Gasteiger partial charge >= 0.3 is 0 Å². The van der Waals surface area contributed by atoms with Crippen LogP contribution in [-0.2, 0) is 0 Å². The fraction of sp³-hybridized carbons (Fsp3) is 0.655. The third-order valence-electron chi connectivity index (χ3n) is 9.61. The number of nitrogens with two attached hydrogens (primary N) is 1. The summed E-state index contributed by atoms with van der Waals surface area (Å²) in [4.78, 5) is 4.96. The number of aliphatic hydroxyl groups is 1. The van der Waals surface area contributed by atoms with Crippen LogP contribution in [0.2, 0.25) is 5.02 Å². The number of benzene rings is 1. The van der Waals surface area contributed by atoms with E-state index in [0.717, 1.165) is 86.6 Å². The van der Waals surface area contributed by atoms with Crippen molar-refractivity contribution in [3.63, 3.8) is 0 Å². The zero-order valence-electron chi connectivity index (χ0n) is 23.2. The van der Waals surface area contributed by atoms with Gasteiger partial charge in [-0.2, -0.15) is 5.10 Å². The molecule has 206 valence electrons. The number of anilines is 2. The van der Waals surface area contributed by atoms with Gasteiger partial charge < -0.3 is 26.5 Å². The highest BCUT2D eigenvalue weighted by Gasteiger charge is 2.52. The minimum atomic E-state index is -0.724. The Kier molecular flexibility index (Phi) is 6.15. The Morgan fingerprint density at radius 2 is 1.95 bits per heavy atom. The molecule has 2 saturated carbocycles. The normalized spacial score (nSPS) is 22.8. The Bertz CT molecular complexity index is 1260. The van der Waals surface area contributed by atoms with Crippen molar-refractivity contribution >= 4 is 29.3 Å². The summed E-state index contributed by atoms with van der Waals surface area (Å²) < 4.78 is 2.26. The Morgan fingerprint density at radius 1 is 1.24 bits per heavy atom. The summed E-state index contributed by atoms with van der Waals surface area (Å²) >= 11 is 7.04. The molecule has 1 aromatic carbocycles. The van der Waals surface area contributed by atoms with Crippen LogP contribution in [0.25, 0.3) is 11.1 Å². The number of halogens is 1. The number of hydrogen-bond donors (Lipinski definition) is 4. The fourth-order valence-corrected chi connectivity index (χ4v) is 7.79. The lowest BCUT2D eigenvalue weighted by Gasteiger charge is -2.57. The Morgan fingerprint density at radius 3 is 2.50 bits per heavy atom. The van der Waals surface area contributed by atoms with Gasteiger partial charge in [0.25, 0.3) is 0 Å². The summed E-state index contributed by atoms with van der Waals surface area (Å²) in [5, 5.41) is 28.3. The Hall–Kier alpha value is -2.13. The highest BCUT2D eigenvalue weighted by atomic mass is 35.5. The molecule has 0 bridgehead atoms. The number of rotatable bonds is 6. The third kappa shape index (κ3) is 4.07. The molecule has 8 nitrogen and oxygen atoms in total. The van der Waals surface area contributed by atoms with Crippen LogP contribution in [-0.4, -0.2) is 76.4 Å². The molecule has 38 heavy (non-hydrogen) atoms. The van der Waals surface area contributed by atoms with Gasteiger partial charge in [0, 0.05) is 73.6 Å². The number of hydrogen-bond acceptors (Lipinski definition) is 7. The van der Waals surface area contributed by atoms with Crippen LogP contribution in [0.5, 0.6) is 0 Å². The first-order valence-electron chi connectivity index (χ1n) is 14.1. The van der Waals surface area contributed by atoms with Crippen molar-refractivity contribution in [3.8, 4) is 11.1 Å². The van der Waals surface area contributed by atoms with E-state index in [0.29, 0.717) is 34.3 Å². The molecule has 2 aliphatic heterocycles.